The summed E-state index contributed by atoms with van der Waals surface area (Å²) in [5.41, 5.74) is 3.83. The van der Waals surface area contributed by atoms with Crippen molar-refractivity contribution in [1.82, 2.24) is 15.0 Å². The standard InChI is InChI=1S/C21H24FN4/c1-26(2)13-9-17(10-14-26)21-24-19(15-3-5-18(22)6-4-15)20(25-21)16-7-11-23-12-8-16/h3-8,11-12,17H,9-10,13-14H2,1-2H3,(H,24,25)/q+1. The Hall–Kier alpha value is -2.53. The molecule has 0 amide bonds. The number of nitrogens with zero attached hydrogens (tertiary/aromatic N) is 3. The van der Waals surface area contributed by atoms with E-state index in [1.807, 2.05) is 12.1 Å². The molecule has 0 saturated carbocycles. The first-order valence-electron chi connectivity index (χ1n) is 9.10. The molecule has 0 atom stereocenters. The van der Waals surface area contributed by atoms with E-state index in [-0.39, 0.29) is 5.82 Å². The van der Waals surface area contributed by atoms with Crippen molar-refractivity contribution < 1.29 is 8.87 Å². The highest BCUT2D eigenvalue weighted by Gasteiger charge is 2.29. The zero-order valence-corrected chi connectivity index (χ0v) is 15.2. The van der Waals surface area contributed by atoms with Gasteiger partial charge in [-0.2, -0.15) is 0 Å². The fourth-order valence-electron chi connectivity index (χ4n) is 3.67. The average molecular weight is 351 g/mol. The lowest BCUT2D eigenvalue weighted by Gasteiger charge is -2.36. The predicted molar refractivity (Wildman–Crippen MR) is 101 cm³/mol. The van der Waals surface area contributed by atoms with Gasteiger partial charge in [-0.3, -0.25) is 4.98 Å². The van der Waals surface area contributed by atoms with Crippen molar-refractivity contribution in [3.8, 4) is 22.5 Å². The molecule has 0 spiro atoms. The fraction of sp³-hybridized carbons (Fsp3) is 0.333. The molecule has 5 heteroatoms. The normalized spacial score (nSPS) is 17.3. The van der Waals surface area contributed by atoms with Gasteiger partial charge >= 0.3 is 0 Å². The highest BCUT2D eigenvalue weighted by atomic mass is 19.1. The summed E-state index contributed by atoms with van der Waals surface area (Å²) in [6.07, 6.45) is 5.81. The van der Waals surface area contributed by atoms with Crippen LogP contribution < -0.4 is 0 Å². The Kier molecular flexibility index (Phi) is 4.32. The number of likely N-dealkylation sites (tertiary alicyclic amines) is 1. The van der Waals surface area contributed by atoms with Gasteiger partial charge in [0, 0.05) is 42.3 Å². The number of pyridine rings is 1. The van der Waals surface area contributed by atoms with E-state index in [0.29, 0.717) is 5.92 Å². The minimum atomic E-state index is -0.234. The minimum Gasteiger partial charge on any atom is -0.341 e. The van der Waals surface area contributed by atoms with Gasteiger partial charge in [0.15, 0.2) is 0 Å². The number of piperidine rings is 1. The van der Waals surface area contributed by atoms with Gasteiger partial charge in [0.2, 0.25) is 0 Å². The SMILES string of the molecule is C[N+]1(C)CCC(c2nc(-c3ccc(F)cc3)c(-c3ccncc3)[nH]2)CC1. The molecule has 1 saturated heterocycles. The summed E-state index contributed by atoms with van der Waals surface area (Å²) in [6.45, 7) is 2.31. The van der Waals surface area contributed by atoms with Crippen LogP contribution in [-0.4, -0.2) is 46.6 Å². The Bertz CT molecular complexity index is 874. The molecule has 3 aromatic rings. The number of rotatable bonds is 3. The van der Waals surface area contributed by atoms with Crippen molar-refractivity contribution in [2.45, 2.75) is 18.8 Å². The number of aromatic nitrogens is 3. The van der Waals surface area contributed by atoms with Gasteiger partial charge in [0.25, 0.3) is 0 Å². The van der Waals surface area contributed by atoms with E-state index in [0.717, 1.165) is 58.8 Å². The second-order valence-electron chi connectivity index (χ2n) is 7.75. The van der Waals surface area contributed by atoms with Crippen molar-refractivity contribution in [2.75, 3.05) is 27.2 Å². The van der Waals surface area contributed by atoms with E-state index >= 15 is 0 Å². The number of hydrogen-bond acceptors (Lipinski definition) is 2. The van der Waals surface area contributed by atoms with Crippen LogP contribution in [0.3, 0.4) is 0 Å². The topological polar surface area (TPSA) is 41.6 Å². The van der Waals surface area contributed by atoms with Crippen LogP contribution >= 0.6 is 0 Å². The van der Waals surface area contributed by atoms with E-state index in [1.165, 1.54) is 12.1 Å². The van der Waals surface area contributed by atoms with Crippen LogP contribution in [0.25, 0.3) is 22.5 Å². The molecule has 134 valence electrons. The van der Waals surface area contributed by atoms with Gasteiger partial charge in [-0.15, -0.1) is 0 Å². The number of quaternary nitrogens is 1. The van der Waals surface area contributed by atoms with Gasteiger partial charge in [0.05, 0.1) is 38.6 Å². The van der Waals surface area contributed by atoms with E-state index in [9.17, 15) is 4.39 Å². The summed E-state index contributed by atoms with van der Waals surface area (Å²) in [7, 11) is 4.56. The van der Waals surface area contributed by atoms with E-state index < -0.39 is 0 Å². The lowest BCUT2D eigenvalue weighted by Crippen LogP contribution is -2.45. The summed E-state index contributed by atoms with van der Waals surface area (Å²) < 4.78 is 14.4. The predicted octanol–water partition coefficient (Wildman–Crippen LogP) is 4.23. The van der Waals surface area contributed by atoms with Crippen molar-refractivity contribution in [3.05, 3.63) is 60.4 Å². The first kappa shape index (κ1) is 16.9. The first-order valence-corrected chi connectivity index (χ1v) is 9.10. The third-order valence-electron chi connectivity index (χ3n) is 5.36. The van der Waals surface area contributed by atoms with Crippen LogP contribution in [0.5, 0.6) is 0 Å². The summed E-state index contributed by atoms with van der Waals surface area (Å²) in [6, 6.07) is 10.5. The van der Waals surface area contributed by atoms with Crippen LogP contribution in [0.4, 0.5) is 4.39 Å². The molecular formula is C21H24FN4+. The molecule has 0 radical (unpaired) electrons. The number of imidazole rings is 1. The fourth-order valence-corrected chi connectivity index (χ4v) is 3.67. The molecular weight excluding hydrogens is 327 g/mol. The molecule has 1 fully saturated rings. The monoisotopic (exact) mass is 351 g/mol. The molecule has 4 rings (SSSR count). The van der Waals surface area contributed by atoms with Crippen molar-refractivity contribution in [3.63, 3.8) is 0 Å². The highest BCUT2D eigenvalue weighted by molar-refractivity contribution is 5.78. The Morgan fingerprint density at radius 2 is 1.62 bits per heavy atom. The molecule has 1 aliphatic rings. The maximum atomic E-state index is 13.4. The summed E-state index contributed by atoms with van der Waals surface area (Å²) in [4.78, 5) is 12.6. The number of halogens is 1. The third kappa shape index (κ3) is 3.40. The Balaban J connectivity index is 1.74. The van der Waals surface area contributed by atoms with Crippen LogP contribution in [0.2, 0.25) is 0 Å². The smallest absolute Gasteiger partial charge is 0.123 e. The van der Waals surface area contributed by atoms with Crippen LogP contribution in [0.15, 0.2) is 48.8 Å². The maximum absolute atomic E-state index is 13.4. The Labute approximate surface area is 153 Å². The molecule has 0 unspecified atom stereocenters. The molecule has 2 aromatic heterocycles. The van der Waals surface area contributed by atoms with Gasteiger partial charge < -0.3 is 9.47 Å². The van der Waals surface area contributed by atoms with Crippen molar-refractivity contribution in [2.24, 2.45) is 0 Å². The van der Waals surface area contributed by atoms with E-state index in [4.69, 9.17) is 4.98 Å². The maximum Gasteiger partial charge on any atom is 0.123 e. The van der Waals surface area contributed by atoms with Gasteiger partial charge in [-0.05, 0) is 36.4 Å². The molecule has 1 N–H and O–H groups in total. The molecule has 0 aliphatic carbocycles. The largest absolute Gasteiger partial charge is 0.341 e. The second kappa shape index (κ2) is 6.65. The minimum absolute atomic E-state index is 0.234. The van der Waals surface area contributed by atoms with Crippen LogP contribution in [0, 0.1) is 5.82 Å². The van der Waals surface area contributed by atoms with Gasteiger partial charge in [-0.1, -0.05) is 0 Å². The summed E-state index contributed by atoms with van der Waals surface area (Å²) in [5.74, 6) is 1.24. The lowest BCUT2D eigenvalue weighted by atomic mass is 9.95. The number of aromatic amines is 1. The number of nitrogens with one attached hydrogen (secondary N) is 1. The van der Waals surface area contributed by atoms with E-state index in [1.54, 1.807) is 24.5 Å². The van der Waals surface area contributed by atoms with Crippen molar-refractivity contribution >= 4 is 0 Å². The molecule has 0 bridgehead atoms. The summed E-state index contributed by atoms with van der Waals surface area (Å²) >= 11 is 0. The van der Waals surface area contributed by atoms with E-state index in [2.05, 4.69) is 24.1 Å². The zero-order chi connectivity index (χ0) is 18.1. The zero-order valence-electron chi connectivity index (χ0n) is 15.2. The van der Waals surface area contributed by atoms with Gasteiger partial charge in [0.1, 0.15) is 11.6 Å². The van der Waals surface area contributed by atoms with Crippen LogP contribution in [0.1, 0.15) is 24.6 Å². The quantitative estimate of drug-likeness (QED) is 0.718. The summed E-state index contributed by atoms with van der Waals surface area (Å²) in [5, 5.41) is 0. The van der Waals surface area contributed by atoms with Crippen molar-refractivity contribution in [1.29, 1.82) is 0 Å². The second-order valence-corrected chi connectivity index (χ2v) is 7.75. The Morgan fingerprint density at radius 1 is 0.962 bits per heavy atom. The molecule has 3 heterocycles. The molecule has 1 aromatic carbocycles. The average Bonchev–Trinajstić information content (AvgIpc) is 3.08. The number of hydrogen-bond donors (Lipinski definition) is 1. The number of benzene rings is 1. The first-order chi connectivity index (χ1) is 12.5. The number of H-pyrrole nitrogens is 1. The molecule has 26 heavy (non-hydrogen) atoms. The van der Waals surface area contributed by atoms with Gasteiger partial charge in [-0.25, -0.2) is 9.37 Å². The highest BCUT2D eigenvalue weighted by Crippen LogP contribution is 2.35. The van der Waals surface area contributed by atoms with Crippen LogP contribution in [-0.2, 0) is 0 Å². The molecule has 1 aliphatic heterocycles. The Morgan fingerprint density at radius 3 is 2.27 bits per heavy atom. The molecule has 4 nitrogen and oxygen atoms in total. The lowest BCUT2D eigenvalue weighted by molar-refractivity contribution is -0.895. The third-order valence-corrected chi connectivity index (χ3v) is 5.36.